The quantitative estimate of drug-likeness (QED) is 0.833. The van der Waals surface area contributed by atoms with Crippen LogP contribution in [0.1, 0.15) is 21.0 Å². The average Bonchev–Trinajstić information content (AvgIpc) is 2.41. The third kappa shape index (κ3) is 4.40. The molecule has 0 aliphatic rings. The fourth-order valence-corrected chi connectivity index (χ4v) is 0.986. The summed E-state index contributed by atoms with van der Waals surface area (Å²) in [5.74, 6) is -2.48. The van der Waals surface area contributed by atoms with Crippen molar-refractivity contribution in [2.75, 3.05) is 0 Å². The van der Waals surface area contributed by atoms with E-state index < -0.39 is 11.9 Å². The number of carbonyl (C=O) groups is 2. The van der Waals surface area contributed by atoms with Gasteiger partial charge in [0.25, 0.3) is 0 Å². The maximum atomic E-state index is 10.3. The predicted molar refractivity (Wildman–Crippen MR) is 62.4 cm³/mol. The number of aromatic nitrogens is 2. The Balaban J connectivity index is 0.000000225. The Bertz CT molecular complexity index is 473. The minimum Gasteiger partial charge on any atom is -0.477 e. The lowest BCUT2D eigenvalue weighted by molar-refractivity contribution is 0.0685. The van der Waals surface area contributed by atoms with Gasteiger partial charge in [-0.25, -0.2) is 14.6 Å². The summed E-state index contributed by atoms with van der Waals surface area (Å²) in [7, 11) is 0. The summed E-state index contributed by atoms with van der Waals surface area (Å²) in [6, 6.07) is 9.51. The van der Waals surface area contributed by atoms with Gasteiger partial charge in [0.05, 0.1) is 0 Å². The van der Waals surface area contributed by atoms with Crippen molar-refractivity contribution in [2.24, 2.45) is 0 Å². The Morgan fingerprint density at radius 2 is 1.33 bits per heavy atom. The van der Waals surface area contributed by atoms with E-state index in [2.05, 4.69) is 9.97 Å². The van der Waals surface area contributed by atoms with Gasteiger partial charge in [-0.1, -0.05) is 12.1 Å². The lowest BCUT2D eigenvalue weighted by Crippen LogP contribution is -2.06. The molecule has 0 spiro atoms. The van der Waals surface area contributed by atoms with E-state index in [1.54, 1.807) is 12.4 Å². The molecule has 0 radical (unpaired) electrons. The summed E-state index contributed by atoms with van der Waals surface area (Å²) in [5, 5.41) is 16.9. The second kappa shape index (κ2) is 6.74. The van der Waals surface area contributed by atoms with Crippen LogP contribution < -0.4 is 0 Å². The highest BCUT2D eigenvalue weighted by atomic mass is 16.4. The number of aromatic carboxylic acids is 2. The first-order chi connectivity index (χ1) is 8.61. The van der Waals surface area contributed by atoms with Gasteiger partial charge >= 0.3 is 11.9 Å². The molecule has 92 valence electrons. The number of carboxylic acid groups (broad SMARTS) is 2. The zero-order chi connectivity index (χ0) is 13.4. The molecule has 0 bridgehead atoms. The zero-order valence-corrected chi connectivity index (χ0v) is 9.22. The van der Waals surface area contributed by atoms with E-state index in [1.807, 2.05) is 18.2 Å². The van der Waals surface area contributed by atoms with Crippen LogP contribution in [0, 0.1) is 0 Å². The number of rotatable bonds is 2. The Morgan fingerprint density at radius 3 is 1.61 bits per heavy atom. The van der Waals surface area contributed by atoms with Crippen molar-refractivity contribution in [3.8, 4) is 0 Å². The van der Waals surface area contributed by atoms with Gasteiger partial charge in [-0.2, -0.15) is 0 Å². The molecule has 2 N–H and O–H groups in total. The van der Waals surface area contributed by atoms with Crippen molar-refractivity contribution < 1.29 is 19.8 Å². The molecule has 0 saturated carbocycles. The van der Waals surface area contributed by atoms with Gasteiger partial charge in [-0.15, -0.1) is 0 Å². The summed E-state index contributed by atoms with van der Waals surface area (Å²) in [6.45, 7) is 0. The summed E-state index contributed by atoms with van der Waals surface area (Å²) < 4.78 is 0. The van der Waals surface area contributed by atoms with Crippen molar-refractivity contribution in [2.45, 2.75) is 0 Å². The summed E-state index contributed by atoms with van der Waals surface area (Å²) in [4.78, 5) is 27.8. The highest BCUT2D eigenvalue weighted by Crippen LogP contribution is 1.98. The minimum absolute atomic E-state index is 0.269. The fourth-order valence-electron chi connectivity index (χ4n) is 0.986. The van der Waals surface area contributed by atoms with Crippen molar-refractivity contribution in [1.82, 2.24) is 9.97 Å². The molecule has 6 nitrogen and oxygen atoms in total. The van der Waals surface area contributed by atoms with E-state index in [4.69, 9.17) is 10.2 Å². The molecule has 2 aromatic rings. The number of hydrogen-bond acceptors (Lipinski definition) is 4. The summed E-state index contributed by atoms with van der Waals surface area (Å²) in [5.41, 5.74) is -0.537. The van der Waals surface area contributed by atoms with Crippen LogP contribution in [-0.4, -0.2) is 32.1 Å². The Morgan fingerprint density at radius 1 is 0.833 bits per heavy atom. The Kier molecular flexibility index (Phi) is 4.98. The molecule has 0 aliphatic heterocycles. The molecule has 0 aliphatic carbocycles. The van der Waals surface area contributed by atoms with Gasteiger partial charge in [-0.05, 0) is 24.3 Å². The van der Waals surface area contributed by atoms with Gasteiger partial charge in [0.15, 0.2) is 0 Å². The van der Waals surface area contributed by atoms with Gasteiger partial charge in [0.1, 0.15) is 11.4 Å². The van der Waals surface area contributed by atoms with Gasteiger partial charge < -0.3 is 10.2 Å². The van der Waals surface area contributed by atoms with Crippen LogP contribution in [0.15, 0.2) is 48.8 Å². The average molecular weight is 246 g/mol. The van der Waals surface area contributed by atoms with Crippen molar-refractivity contribution in [1.29, 1.82) is 0 Å². The Labute approximate surface area is 103 Å². The van der Waals surface area contributed by atoms with Crippen molar-refractivity contribution in [3.05, 3.63) is 60.2 Å². The number of pyridine rings is 2. The maximum absolute atomic E-state index is 10.3. The smallest absolute Gasteiger partial charge is 0.354 e. The molecule has 0 atom stereocenters. The van der Waals surface area contributed by atoms with E-state index in [1.165, 1.54) is 18.2 Å². The van der Waals surface area contributed by atoms with E-state index >= 15 is 0 Å². The second-order valence-corrected chi connectivity index (χ2v) is 3.04. The topological polar surface area (TPSA) is 100 Å². The first kappa shape index (κ1) is 13.3. The van der Waals surface area contributed by atoms with Crippen molar-refractivity contribution >= 4 is 11.9 Å². The monoisotopic (exact) mass is 246 g/mol. The van der Waals surface area contributed by atoms with Gasteiger partial charge in [0, 0.05) is 12.4 Å². The molecule has 0 saturated heterocycles. The molecule has 0 aromatic carbocycles. The Hall–Kier alpha value is -2.76. The van der Waals surface area contributed by atoms with Crippen LogP contribution in [0.2, 0.25) is 0 Å². The highest BCUT2D eigenvalue weighted by molar-refractivity contribution is 5.89. The lowest BCUT2D eigenvalue weighted by Gasteiger charge is -1.94. The molecule has 0 amide bonds. The molecular weight excluding hydrogens is 236 g/mol. The van der Waals surface area contributed by atoms with Gasteiger partial charge in [-0.3, -0.25) is 4.98 Å². The van der Waals surface area contributed by atoms with Gasteiger partial charge in [0.2, 0.25) is 0 Å². The molecule has 2 aromatic heterocycles. The third-order valence-electron chi connectivity index (χ3n) is 1.75. The molecule has 2 heterocycles. The fraction of sp³-hybridized carbons (Fsp3) is 0. The molecular formula is C12H10N2O4. The number of carboxylic acids is 2. The standard InChI is InChI=1S/C7H5NO4.C5H5N/c9-6(10)4-2-1-3-5(8-4)7(11)12;1-2-4-6-5-3-1/h1-3H,(H,9,10)(H,11,12);1-5H. The first-order valence-corrected chi connectivity index (χ1v) is 4.90. The normalized spacial score (nSPS) is 8.89. The third-order valence-corrected chi connectivity index (χ3v) is 1.75. The number of nitrogens with zero attached hydrogens (tertiary/aromatic N) is 2. The predicted octanol–water partition coefficient (Wildman–Crippen LogP) is 1.56. The SMILES string of the molecule is O=C(O)c1cccc(C(=O)O)n1.c1ccncc1. The molecule has 0 unspecified atom stereocenters. The molecule has 18 heavy (non-hydrogen) atoms. The molecule has 6 heteroatoms. The van der Waals surface area contributed by atoms with Crippen LogP contribution in [0.4, 0.5) is 0 Å². The second-order valence-electron chi connectivity index (χ2n) is 3.04. The van der Waals surface area contributed by atoms with Crippen LogP contribution in [0.25, 0.3) is 0 Å². The van der Waals surface area contributed by atoms with E-state index in [0.29, 0.717) is 0 Å². The maximum Gasteiger partial charge on any atom is 0.354 e. The lowest BCUT2D eigenvalue weighted by atomic mass is 10.3. The van der Waals surface area contributed by atoms with Crippen LogP contribution in [-0.2, 0) is 0 Å². The highest BCUT2D eigenvalue weighted by Gasteiger charge is 2.08. The van der Waals surface area contributed by atoms with Crippen LogP contribution in [0.3, 0.4) is 0 Å². The largest absolute Gasteiger partial charge is 0.477 e. The van der Waals surface area contributed by atoms with Crippen LogP contribution in [0.5, 0.6) is 0 Å². The zero-order valence-electron chi connectivity index (χ0n) is 9.22. The summed E-state index contributed by atoms with van der Waals surface area (Å²) in [6.07, 6.45) is 3.50. The molecule has 2 rings (SSSR count). The van der Waals surface area contributed by atoms with E-state index in [-0.39, 0.29) is 11.4 Å². The van der Waals surface area contributed by atoms with Crippen LogP contribution >= 0.6 is 0 Å². The number of hydrogen-bond donors (Lipinski definition) is 2. The minimum atomic E-state index is -1.24. The summed E-state index contributed by atoms with van der Waals surface area (Å²) >= 11 is 0. The van der Waals surface area contributed by atoms with E-state index in [9.17, 15) is 9.59 Å². The van der Waals surface area contributed by atoms with E-state index in [0.717, 1.165) is 0 Å². The van der Waals surface area contributed by atoms with Crippen molar-refractivity contribution in [3.63, 3.8) is 0 Å². The molecule has 0 fully saturated rings. The first-order valence-electron chi connectivity index (χ1n) is 4.90.